The third-order valence-electron chi connectivity index (χ3n) is 9.58. The van der Waals surface area contributed by atoms with Gasteiger partial charge >= 0.3 is 0 Å². The van der Waals surface area contributed by atoms with E-state index in [1.807, 2.05) is 30.3 Å². The number of halogens is 1. The van der Waals surface area contributed by atoms with E-state index in [4.69, 9.17) is 30.9 Å². The first-order valence-corrected chi connectivity index (χ1v) is 19.0. The first-order chi connectivity index (χ1) is 24.8. The maximum absolute atomic E-state index is 13.6. The van der Waals surface area contributed by atoms with E-state index < -0.39 is 64.7 Å². The van der Waals surface area contributed by atoms with Gasteiger partial charge in [0.2, 0.25) is 21.7 Å². The van der Waals surface area contributed by atoms with E-state index in [-0.39, 0.29) is 42.7 Å². The normalized spacial score (nSPS) is 23.6. The monoisotopic (exact) mass is 761 g/mol. The lowest BCUT2D eigenvalue weighted by Crippen LogP contribution is -2.61. The molecule has 6 N–H and O–H groups in total. The van der Waals surface area contributed by atoms with Gasteiger partial charge in [0, 0.05) is 55.9 Å². The van der Waals surface area contributed by atoms with Crippen molar-refractivity contribution in [2.45, 2.75) is 78.9 Å². The van der Waals surface area contributed by atoms with Gasteiger partial charge in [-0.15, -0.1) is 11.6 Å². The van der Waals surface area contributed by atoms with Crippen molar-refractivity contribution in [3.05, 3.63) is 78.1 Å². The Morgan fingerprint density at radius 1 is 1.12 bits per heavy atom. The molecule has 2 saturated carbocycles. The molecule has 3 aromatic rings. The van der Waals surface area contributed by atoms with Crippen LogP contribution in [0, 0.1) is 5.92 Å². The highest BCUT2D eigenvalue weighted by atomic mass is 35.5. The number of hydrogen-bond donors (Lipinski definition) is 6. The standard InChI is InChI=1S/C36H44ClN3O11S/c1-22(42)39-21-36(46,34(45)33(44)30(43)18-41)50-20-24-16-40(17-24)52(47,48)26-6-4-5-23(13-26)19-49-35(14-32(35)37)29-15-38-12-11-27(29)28-7-2-3-8-31(28)51-25-9-10-25/h2-8,11-13,15,24-25,30,32-34,41,43-46H,9-10,14,16-21H2,1H3,(H,39,42)/t30-,32?,33-,34-,35?,36+/m1/s1. The van der Waals surface area contributed by atoms with Gasteiger partial charge in [-0.05, 0) is 48.2 Å². The van der Waals surface area contributed by atoms with Gasteiger partial charge in [0.05, 0.1) is 42.7 Å². The molecular formula is C36H44ClN3O11S. The number of aromatic nitrogens is 1. The number of para-hydroxylation sites is 1. The van der Waals surface area contributed by atoms with Gasteiger partial charge in [-0.1, -0.05) is 30.3 Å². The second-order valence-electron chi connectivity index (χ2n) is 13.7. The summed E-state index contributed by atoms with van der Waals surface area (Å²) in [6, 6.07) is 16.2. The lowest BCUT2D eigenvalue weighted by atomic mass is 9.96. The second-order valence-corrected chi connectivity index (χ2v) is 16.1. The Bertz CT molecular complexity index is 1840. The zero-order chi connectivity index (χ0) is 37.3. The third kappa shape index (κ3) is 8.29. The second kappa shape index (κ2) is 15.6. The molecule has 1 saturated heterocycles. The molecule has 2 heterocycles. The fourth-order valence-electron chi connectivity index (χ4n) is 6.16. The fraction of sp³-hybridized carbons (Fsp3) is 0.500. The number of ether oxygens (including phenoxy) is 3. The Morgan fingerprint density at radius 2 is 1.85 bits per heavy atom. The number of alkyl halides is 1. The van der Waals surface area contributed by atoms with Crippen LogP contribution < -0.4 is 10.1 Å². The molecule has 3 fully saturated rings. The van der Waals surface area contributed by atoms with Crippen LogP contribution in [0.15, 0.2) is 71.9 Å². The van der Waals surface area contributed by atoms with Crippen molar-refractivity contribution in [2.75, 3.05) is 32.8 Å². The van der Waals surface area contributed by atoms with Crippen molar-refractivity contribution in [3.63, 3.8) is 0 Å². The number of aliphatic hydroxyl groups is 5. The number of nitrogens with zero attached hydrogens (tertiary/aromatic N) is 2. The molecule has 0 bridgehead atoms. The summed E-state index contributed by atoms with van der Waals surface area (Å²) in [6.07, 6.45) is 0.388. The number of nitrogens with one attached hydrogen (secondary N) is 1. The minimum atomic E-state index is -3.93. The highest BCUT2D eigenvalue weighted by Crippen LogP contribution is 2.56. The van der Waals surface area contributed by atoms with Gasteiger partial charge in [-0.25, -0.2) is 8.42 Å². The van der Waals surface area contributed by atoms with Crippen LogP contribution in [0.4, 0.5) is 0 Å². The number of aliphatic hydroxyl groups excluding tert-OH is 4. The molecule has 1 amide bonds. The number of benzene rings is 2. The molecular weight excluding hydrogens is 718 g/mol. The minimum Gasteiger partial charge on any atom is -0.490 e. The summed E-state index contributed by atoms with van der Waals surface area (Å²) in [5, 5.41) is 52.5. The van der Waals surface area contributed by atoms with Crippen molar-refractivity contribution in [3.8, 4) is 16.9 Å². The Kier molecular flexibility index (Phi) is 11.6. The van der Waals surface area contributed by atoms with Gasteiger partial charge in [0.1, 0.15) is 29.7 Å². The Labute approximate surface area is 307 Å². The quantitative estimate of drug-likeness (QED) is 0.0800. The van der Waals surface area contributed by atoms with Crippen molar-refractivity contribution < 1.29 is 53.0 Å². The Morgan fingerprint density at radius 3 is 2.52 bits per heavy atom. The first-order valence-electron chi connectivity index (χ1n) is 17.1. The number of carbonyl (C=O) groups excluding carboxylic acids is 1. The van der Waals surface area contributed by atoms with E-state index in [9.17, 15) is 33.6 Å². The molecule has 282 valence electrons. The maximum atomic E-state index is 13.6. The summed E-state index contributed by atoms with van der Waals surface area (Å²) >= 11 is 6.75. The van der Waals surface area contributed by atoms with Crippen LogP contribution >= 0.6 is 11.6 Å². The fourth-order valence-corrected chi connectivity index (χ4v) is 8.23. The molecule has 0 spiro atoms. The maximum Gasteiger partial charge on any atom is 0.243 e. The SMILES string of the molecule is CC(=O)NC[C@](O)(OCC1CN(S(=O)(=O)c2cccc(COC3(c4cnccc4-c4ccccc4OC4CC4)CC3Cl)c2)C1)[C@H](O)[C@H](O)[C@H](O)CO. The average molecular weight is 762 g/mol. The van der Waals surface area contributed by atoms with E-state index in [0.29, 0.717) is 12.0 Å². The average Bonchev–Trinajstić information content (AvgIpc) is 4.06. The number of pyridine rings is 1. The molecule has 16 heteroatoms. The summed E-state index contributed by atoms with van der Waals surface area (Å²) in [7, 11) is -3.93. The number of rotatable bonds is 18. The van der Waals surface area contributed by atoms with Gasteiger partial charge in [0.25, 0.3) is 0 Å². The molecule has 2 aliphatic carbocycles. The molecule has 1 aromatic heterocycles. The Hall–Kier alpha value is -3.22. The summed E-state index contributed by atoms with van der Waals surface area (Å²) in [5.74, 6) is -2.72. The van der Waals surface area contributed by atoms with E-state index in [1.165, 1.54) is 17.3 Å². The summed E-state index contributed by atoms with van der Waals surface area (Å²) in [4.78, 5) is 15.9. The lowest BCUT2D eigenvalue weighted by molar-refractivity contribution is -0.284. The molecule has 3 aliphatic rings. The number of hydrogen-bond acceptors (Lipinski definition) is 12. The van der Waals surface area contributed by atoms with Crippen molar-refractivity contribution in [1.82, 2.24) is 14.6 Å². The summed E-state index contributed by atoms with van der Waals surface area (Å²) in [6.45, 7) is -0.467. The molecule has 1 aliphatic heterocycles. The molecule has 52 heavy (non-hydrogen) atoms. The van der Waals surface area contributed by atoms with E-state index in [0.717, 1.165) is 35.3 Å². The first kappa shape index (κ1) is 38.5. The van der Waals surface area contributed by atoms with Crippen LogP contribution in [0.3, 0.4) is 0 Å². The van der Waals surface area contributed by atoms with E-state index in [1.54, 1.807) is 30.6 Å². The molecule has 6 atom stereocenters. The molecule has 14 nitrogen and oxygen atoms in total. The zero-order valence-electron chi connectivity index (χ0n) is 28.5. The Balaban J connectivity index is 1.10. The third-order valence-corrected chi connectivity index (χ3v) is 11.9. The van der Waals surface area contributed by atoms with Crippen molar-refractivity contribution in [2.24, 2.45) is 5.92 Å². The molecule has 2 unspecified atom stereocenters. The van der Waals surface area contributed by atoms with Crippen LogP contribution in [-0.2, 0) is 36.5 Å². The van der Waals surface area contributed by atoms with Crippen LogP contribution in [-0.4, -0.2) is 118 Å². The number of carbonyl (C=O) groups is 1. The van der Waals surface area contributed by atoms with Crippen molar-refractivity contribution in [1.29, 1.82) is 0 Å². The summed E-state index contributed by atoms with van der Waals surface area (Å²) < 4.78 is 46.6. The van der Waals surface area contributed by atoms with Gasteiger partial charge in [-0.3, -0.25) is 9.78 Å². The highest BCUT2D eigenvalue weighted by molar-refractivity contribution is 7.89. The van der Waals surface area contributed by atoms with Gasteiger partial charge < -0.3 is 45.1 Å². The largest absolute Gasteiger partial charge is 0.490 e. The van der Waals surface area contributed by atoms with Crippen LogP contribution in [0.1, 0.15) is 37.3 Å². The molecule has 2 aromatic carbocycles. The smallest absolute Gasteiger partial charge is 0.243 e. The number of amides is 1. The van der Waals surface area contributed by atoms with E-state index in [2.05, 4.69) is 10.3 Å². The number of sulfonamides is 1. The van der Waals surface area contributed by atoms with Crippen LogP contribution in [0.5, 0.6) is 5.75 Å². The topological polar surface area (TPSA) is 208 Å². The predicted octanol–water partition coefficient (Wildman–Crippen LogP) is 1.25. The zero-order valence-corrected chi connectivity index (χ0v) is 30.1. The van der Waals surface area contributed by atoms with Gasteiger partial charge in [0.15, 0.2) is 0 Å². The van der Waals surface area contributed by atoms with E-state index >= 15 is 0 Å². The minimum absolute atomic E-state index is 0.0317. The molecule has 6 rings (SSSR count). The van der Waals surface area contributed by atoms with Gasteiger partial charge in [-0.2, -0.15) is 4.31 Å². The lowest BCUT2D eigenvalue weighted by Gasteiger charge is -2.41. The predicted molar refractivity (Wildman–Crippen MR) is 187 cm³/mol. The van der Waals surface area contributed by atoms with Crippen LogP contribution in [0.25, 0.3) is 11.1 Å². The summed E-state index contributed by atoms with van der Waals surface area (Å²) in [5.41, 5.74) is 2.45. The van der Waals surface area contributed by atoms with Crippen LogP contribution in [0.2, 0.25) is 0 Å². The highest BCUT2D eigenvalue weighted by Gasteiger charge is 2.57. The molecule has 0 radical (unpaired) electrons. The van der Waals surface area contributed by atoms with Crippen molar-refractivity contribution >= 4 is 27.5 Å².